The second-order valence-electron chi connectivity index (χ2n) is 6.32. The minimum atomic E-state index is -4.63. The van der Waals surface area contributed by atoms with Gasteiger partial charge in [-0.25, -0.2) is 4.68 Å². The highest BCUT2D eigenvalue weighted by Gasteiger charge is 2.38. The minimum Gasteiger partial charge on any atom is -0.369 e. The maximum Gasteiger partial charge on any atom is 0.418 e. The molecule has 2 heterocycles. The van der Waals surface area contributed by atoms with Crippen LogP contribution in [0.1, 0.15) is 16.7 Å². The molecule has 0 amide bonds. The lowest BCUT2D eigenvalue weighted by atomic mass is 10.0. The van der Waals surface area contributed by atoms with Crippen molar-refractivity contribution in [3.63, 3.8) is 0 Å². The average Bonchev–Trinajstić information content (AvgIpc) is 3.23. The van der Waals surface area contributed by atoms with Crippen LogP contribution >= 0.6 is 0 Å². The molecule has 1 aliphatic rings. The fourth-order valence-corrected chi connectivity index (χ4v) is 3.40. The first-order chi connectivity index (χ1) is 13.2. The van der Waals surface area contributed by atoms with Crippen LogP contribution in [0.2, 0.25) is 0 Å². The highest BCUT2D eigenvalue weighted by molar-refractivity contribution is 5.75. The maximum atomic E-state index is 13.4. The molecule has 2 aromatic carbocycles. The molecular formula is C19H13F6N3. The predicted octanol–water partition coefficient (Wildman–Crippen LogP) is 5.54. The Bertz CT molecular complexity index is 953. The summed E-state index contributed by atoms with van der Waals surface area (Å²) in [5.74, 6) is 0.281. The molecule has 0 saturated carbocycles. The first kappa shape index (κ1) is 18.4. The van der Waals surface area contributed by atoms with Crippen LogP contribution in [0, 0.1) is 0 Å². The molecule has 0 unspecified atom stereocenters. The summed E-state index contributed by atoms with van der Waals surface area (Å²) in [7, 11) is 0. The summed E-state index contributed by atoms with van der Waals surface area (Å²) in [6, 6.07) is 9.77. The molecule has 1 aromatic heterocycles. The highest BCUT2D eigenvalue weighted by atomic mass is 19.4. The summed E-state index contributed by atoms with van der Waals surface area (Å²) in [4.78, 5) is 0. The number of fused-ring (bicyclic) bond motifs is 1. The molecule has 146 valence electrons. The van der Waals surface area contributed by atoms with E-state index in [1.807, 2.05) is 0 Å². The van der Waals surface area contributed by atoms with Crippen LogP contribution in [0.5, 0.6) is 0 Å². The number of anilines is 1. The normalized spacial score (nSPS) is 14.1. The SMILES string of the molecule is FC(F)(F)c1ccccc1-c1nn(-c2ccccc2C(F)(F)F)c2c1CCN2. The summed E-state index contributed by atoms with van der Waals surface area (Å²) >= 11 is 0. The van der Waals surface area contributed by atoms with Crippen LogP contribution in [0.3, 0.4) is 0 Å². The highest BCUT2D eigenvalue weighted by Crippen LogP contribution is 2.42. The van der Waals surface area contributed by atoms with E-state index in [-0.39, 0.29) is 22.8 Å². The Morgan fingerprint density at radius 2 is 1.43 bits per heavy atom. The molecule has 4 rings (SSSR count). The van der Waals surface area contributed by atoms with Gasteiger partial charge in [-0.2, -0.15) is 31.4 Å². The summed E-state index contributed by atoms with van der Waals surface area (Å²) in [5, 5.41) is 7.12. The Hall–Kier alpha value is -2.97. The average molecular weight is 397 g/mol. The zero-order valence-corrected chi connectivity index (χ0v) is 14.2. The molecule has 9 heteroatoms. The summed E-state index contributed by atoms with van der Waals surface area (Å²) in [6.45, 7) is 0.405. The van der Waals surface area contributed by atoms with Crippen molar-refractivity contribution in [2.75, 3.05) is 11.9 Å². The molecule has 0 bridgehead atoms. The number of hydrogen-bond acceptors (Lipinski definition) is 2. The van der Waals surface area contributed by atoms with E-state index in [9.17, 15) is 26.3 Å². The second-order valence-corrected chi connectivity index (χ2v) is 6.32. The lowest BCUT2D eigenvalue weighted by Gasteiger charge is -2.14. The van der Waals surface area contributed by atoms with Crippen molar-refractivity contribution in [1.29, 1.82) is 0 Å². The van der Waals surface area contributed by atoms with Gasteiger partial charge in [0.2, 0.25) is 0 Å². The first-order valence-corrected chi connectivity index (χ1v) is 8.37. The van der Waals surface area contributed by atoms with Gasteiger partial charge in [0, 0.05) is 17.7 Å². The van der Waals surface area contributed by atoms with E-state index in [2.05, 4.69) is 10.4 Å². The molecule has 3 nitrogen and oxygen atoms in total. The Kier molecular flexibility index (Phi) is 4.13. The molecule has 0 aliphatic carbocycles. The monoisotopic (exact) mass is 397 g/mol. The lowest BCUT2D eigenvalue weighted by molar-refractivity contribution is -0.138. The number of rotatable bonds is 2. The van der Waals surface area contributed by atoms with E-state index in [0.717, 1.165) is 16.8 Å². The van der Waals surface area contributed by atoms with E-state index in [0.29, 0.717) is 18.5 Å². The van der Waals surface area contributed by atoms with Gasteiger partial charge in [0.25, 0.3) is 0 Å². The summed E-state index contributed by atoms with van der Waals surface area (Å²) in [6.07, 6.45) is -8.87. The topological polar surface area (TPSA) is 29.9 Å². The largest absolute Gasteiger partial charge is 0.418 e. The van der Waals surface area contributed by atoms with Crippen LogP contribution in [0.15, 0.2) is 48.5 Å². The quantitative estimate of drug-likeness (QED) is 0.575. The zero-order valence-electron chi connectivity index (χ0n) is 14.2. The number of halogens is 6. The van der Waals surface area contributed by atoms with Gasteiger partial charge in [0.1, 0.15) is 5.82 Å². The Morgan fingerprint density at radius 3 is 2.11 bits per heavy atom. The van der Waals surface area contributed by atoms with E-state index in [4.69, 9.17) is 0 Å². The van der Waals surface area contributed by atoms with E-state index in [1.165, 1.54) is 36.4 Å². The summed E-state index contributed by atoms with van der Waals surface area (Å²) < 4.78 is 81.6. The number of hydrogen-bond donors (Lipinski definition) is 1. The van der Waals surface area contributed by atoms with Crippen molar-refractivity contribution in [3.05, 3.63) is 65.2 Å². The number of para-hydroxylation sites is 1. The minimum absolute atomic E-state index is 0.0323. The summed E-state index contributed by atoms with van der Waals surface area (Å²) in [5.41, 5.74) is -1.68. The van der Waals surface area contributed by atoms with Gasteiger partial charge in [-0.05, 0) is 24.6 Å². The molecule has 0 radical (unpaired) electrons. The van der Waals surface area contributed by atoms with Crippen LogP contribution in [-0.2, 0) is 18.8 Å². The third-order valence-electron chi connectivity index (χ3n) is 4.58. The van der Waals surface area contributed by atoms with Gasteiger partial charge < -0.3 is 5.32 Å². The van der Waals surface area contributed by atoms with Crippen molar-refractivity contribution in [3.8, 4) is 16.9 Å². The van der Waals surface area contributed by atoms with Crippen molar-refractivity contribution in [1.82, 2.24) is 9.78 Å². The van der Waals surface area contributed by atoms with Gasteiger partial charge in [0.05, 0.1) is 22.5 Å². The smallest absolute Gasteiger partial charge is 0.369 e. The van der Waals surface area contributed by atoms with Gasteiger partial charge in [-0.1, -0.05) is 30.3 Å². The molecule has 28 heavy (non-hydrogen) atoms. The van der Waals surface area contributed by atoms with Crippen LogP contribution in [0.25, 0.3) is 16.9 Å². The van der Waals surface area contributed by atoms with Crippen LogP contribution < -0.4 is 5.32 Å². The Balaban J connectivity index is 1.96. The third kappa shape index (κ3) is 3.00. The molecule has 0 saturated heterocycles. The molecule has 0 fully saturated rings. The number of benzene rings is 2. The molecule has 1 aliphatic heterocycles. The molecule has 3 aromatic rings. The van der Waals surface area contributed by atoms with Crippen molar-refractivity contribution in [2.24, 2.45) is 0 Å². The van der Waals surface area contributed by atoms with Crippen molar-refractivity contribution < 1.29 is 26.3 Å². The van der Waals surface area contributed by atoms with Gasteiger partial charge in [0.15, 0.2) is 0 Å². The number of aromatic nitrogens is 2. The number of nitrogens with one attached hydrogen (secondary N) is 1. The van der Waals surface area contributed by atoms with Gasteiger partial charge in [-0.15, -0.1) is 0 Å². The fraction of sp³-hybridized carbons (Fsp3) is 0.211. The number of nitrogens with zero attached hydrogens (tertiary/aromatic N) is 2. The molecule has 0 spiro atoms. The van der Waals surface area contributed by atoms with Crippen molar-refractivity contribution >= 4 is 5.82 Å². The molecular weight excluding hydrogens is 384 g/mol. The zero-order chi connectivity index (χ0) is 20.1. The Labute approximate surface area is 155 Å². The predicted molar refractivity (Wildman–Crippen MR) is 91.2 cm³/mol. The Morgan fingerprint density at radius 1 is 0.821 bits per heavy atom. The molecule has 0 atom stereocenters. The van der Waals surface area contributed by atoms with Gasteiger partial charge in [-0.3, -0.25) is 0 Å². The van der Waals surface area contributed by atoms with Gasteiger partial charge >= 0.3 is 12.4 Å². The van der Waals surface area contributed by atoms with Crippen LogP contribution in [0.4, 0.5) is 32.2 Å². The maximum absolute atomic E-state index is 13.4. The van der Waals surface area contributed by atoms with E-state index in [1.54, 1.807) is 0 Å². The van der Waals surface area contributed by atoms with Crippen molar-refractivity contribution in [2.45, 2.75) is 18.8 Å². The van der Waals surface area contributed by atoms with E-state index < -0.39 is 23.5 Å². The standard InChI is InChI=1S/C19H13F6N3/c20-18(21,22)13-6-2-1-5-11(13)16-12-9-10-26-17(12)28(27-16)15-8-4-3-7-14(15)19(23,24)25/h1-8,26H,9-10H2. The lowest BCUT2D eigenvalue weighted by Crippen LogP contribution is -2.13. The third-order valence-corrected chi connectivity index (χ3v) is 4.58. The second kappa shape index (κ2) is 6.29. The van der Waals surface area contributed by atoms with Crippen LogP contribution in [-0.4, -0.2) is 16.3 Å². The first-order valence-electron chi connectivity index (χ1n) is 8.37. The number of alkyl halides is 6. The fourth-order valence-electron chi connectivity index (χ4n) is 3.40. The van der Waals surface area contributed by atoms with E-state index >= 15 is 0 Å². The molecule has 1 N–H and O–H groups in total.